The number of oxime groups is 1. The molecule has 0 radical (unpaired) electrons. The molecule has 0 bridgehead atoms. The van der Waals surface area contributed by atoms with Crippen molar-refractivity contribution in [3.8, 4) is 22.9 Å². The standard InChI is InChI=1S/C20H21N3O4/c1-4-14-5-7-15(8-6-14)12-21-26-13-19-22-20(23-27-19)16-9-10-17(24-2)18(11-16)25-3/h5-12H,4,13H2,1-3H3/b21-12-. The summed E-state index contributed by atoms with van der Waals surface area (Å²) in [5.41, 5.74) is 2.99. The molecule has 2 aromatic carbocycles. The van der Waals surface area contributed by atoms with E-state index in [0.29, 0.717) is 23.2 Å². The summed E-state index contributed by atoms with van der Waals surface area (Å²) in [5, 5.41) is 7.89. The summed E-state index contributed by atoms with van der Waals surface area (Å²) < 4.78 is 15.7. The monoisotopic (exact) mass is 367 g/mol. The molecule has 1 heterocycles. The highest BCUT2D eigenvalue weighted by Crippen LogP contribution is 2.31. The lowest BCUT2D eigenvalue weighted by molar-refractivity contribution is 0.107. The normalized spacial score (nSPS) is 10.9. The molecule has 3 aromatic rings. The zero-order valence-electron chi connectivity index (χ0n) is 15.5. The van der Waals surface area contributed by atoms with Crippen molar-refractivity contribution < 1.29 is 18.8 Å². The largest absolute Gasteiger partial charge is 0.493 e. The number of hydrogen-bond donors (Lipinski definition) is 0. The minimum atomic E-state index is 0.0871. The second-order valence-corrected chi connectivity index (χ2v) is 5.68. The van der Waals surface area contributed by atoms with Crippen LogP contribution < -0.4 is 9.47 Å². The summed E-state index contributed by atoms with van der Waals surface area (Å²) in [6, 6.07) is 13.5. The van der Waals surface area contributed by atoms with Gasteiger partial charge in [-0.25, -0.2) is 0 Å². The van der Waals surface area contributed by atoms with Gasteiger partial charge in [-0.05, 0) is 35.7 Å². The van der Waals surface area contributed by atoms with E-state index in [0.717, 1.165) is 17.5 Å². The average Bonchev–Trinajstić information content (AvgIpc) is 3.20. The molecule has 0 N–H and O–H groups in total. The van der Waals surface area contributed by atoms with Gasteiger partial charge in [0.25, 0.3) is 5.89 Å². The van der Waals surface area contributed by atoms with Gasteiger partial charge in [0.15, 0.2) is 18.1 Å². The van der Waals surface area contributed by atoms with Gasteiger partial charge in [0.1, 0.15) is 0 Å². The van der Waals surface area contributed by atoms with Crippen LogP contribution in [0.15, 0.2) is 52.1 Å². The number of methoxy groups -OCH3 is 2. The van der Waals surface area contributed by atoms with Gasteiger partial charge in [-0.15, -0.1) is 0 Å². The topological polar surface area (TPSA) is 79.0 Å². The molecule has 0 fully saturated rings. The third-order valence-corrected chi connectivity index (χ3v) is 3.96. The predicted octanol–water partition coefficient (Wildman–Crippen LogP) is 3.87. The first-order valence-electron chi connectivity index (χ1n) is 8.52. The minimum absolute atomic E-state index is 0.0871. The molecule has 0 spiro atoms. The highest BCUT2D eigenvalue weighted by atomic mass is 16.6. The second-order valence-electron chi connectivity index (χ2n) is 5.68. The molecule has 140 valence electrons. The maximum atomic E-state index is 5.29. The van der Waals surface area contributed by atoms with Gasteiger partial charge in [-0.3, -0.25) is 0 Å². The quantitative estimate of drug-likeness (QED) is 0.444. The number of aromatic nitrogens is 2. The summed E-state index contributed by atoms with van der Waals surface area (Å²) in [6.45, 7) is 2.21. The highest BCUT2D eigenvalue weighted by Gasteiger charge is 2.12. The Morgan fingerprint density at radius 2 is 1.81 bits per heavy atom. The molecule has 1 aromatic heterocycles. The van der Waals surface area contributed by atoms with E-state index in [9.17, 15) is 0 Å². The van der Waals surface area contributed by atoms with E-state index in [1.165, 1.54) is 5.56 Å². The number of nitrogens with zero attached hydrogens (tertiary/aromatic N) is 3. The van der Waals surface area contributed by atoms with Gasteiger partial charge in [0, 0.05) is 5.56 Å². The molecule has 0 unspecified atom stereocenters. The van der Waals surface area contributed by atoms with E-state index in [2.05, 4.69) is 34.4 Å². The molecule has 0 amide bonds. The summed E-state index contributed by atoms with van der Waals surface area (Å²) in [6.07, 6.45) is 2.65. The Labute approximate surface area is 157 Å². The van der Waals surface area contributed by atoms with Crippen molar-refractivity contribution in [3.05, 3.63) is 59.5 Å². The second kappa shape index (κ2) is 8.84. The maximum absolute atomic E-state index is 5.29. The molecular formula is C20H21N3O4. The van der Waals surface area contributed by atoms with Gasteiger partial charge in [-0.1, -0.05) is 41.5 Å². The van der Waals surface area contributed by atoms with Crippen LogP contribution >= 0.6 is 0 Å². The molecule has 7 heteroatoms. The van der Waals surface area contributed by atoms with Crippen LogP contribution in [-0.4, -0.2) is 30.6 Å². The van der Waals surface area contributed by atoms with E-state index in [1.807, 2.05) is 18.2 Å². The first kappa shape index (κ1) is 18.4. The molecule has 0 saturated carbocycles. The summed E-state index contributed by atoms with van der Waals surface area (Å²) in [7, 11) is 3.16. The lowest BCUT2D eigenvalue weighted by Gasteiger charge is -2.07. The average molecular weight is 367 g/mol. The molecular weight excluding hydrogens is 346 g/mol. The first-order valence-corrected chi connectivity index (χ1v) is 8.52. The van der Waals surface area contributed by atoms with Gasteiger partial charge in [0.05, 0.1) is 20.4 Å². The number of rotatable bonds is 8. The van der Waals surface area contributed by atoms with Crippen LogP contribution in [0.1, 0.15) is 23.9 Å². The summed E-state index contributed by atoms with van der Waals surface area (Å²) in [5.74, 6) is 2.00. The Hall–Kier alpha value is -3.35. The Morgan fingerprint density at radius 3 is 2.52 bits per heavy atom. The van der Waals surface area contributed by atoms with Crippen LogP contribution in [0.25, 0.3) is 11.4 Å². The van der Waals surface area contributed by atoms with Crippen LogP contribution in [0.5, 0.6) is 11.5 Å². The Morgan fingerprint density at radius 1 is 1.04 bits per heavy atom. The lowest BCUT2D eigenvalue weighted by Crippen LogP contribution is -1.92. The number of ether oxygens (including phenoxy) is 2. The van der Waals surface area contributed by atoms with Crippen LogP contribution in [0.3, 0.4) is 0 Å². The number of benzene rings is 2. The first-order chi connectivity index (χ1) is 13.2. The SMILES string of the molecule is CCc1ccc(/C=N\OCc2nc(-c3ccc(OC)c(OC)c3)no2)cc1. The van der Waals surface area contributed by atoms with Crippen molar-refractivity contribution in [2.24, 2.45) is 5.16 Å². The van der Waals surface area contributed by atoms with Crippen LogP contribution in [0.4, 0.5) is 0 Å². The smallest absolute Gasteiger partial charge is 0.267 e. The molecule has 3 rings (SSSR count). The Balaban J connectivity index is 1.60. The molecule has 7 nitrogen and oxygen atoms in total. The lowest BCUT2D eigenvalue weighted by atomic mass is 10.1. The number of hydrogen-bond acceptors (Lipinski definition) is 7. The summed E-state index contributed by atoms with van der Waals surface area (Å²) in [4.78, 5) is 9.54. The van der Waals surface area contributed by atoms with E-state index in [-0.39, 0.29) is 6.61 Å². The number of aryl methyl sites for hydroxylation is 1. The van der Waals surface area contributed by atoms with Gasteiger partial charge in [-0.2, -0.15) is 4.98 Å². The maximum Gasteiger partial charge on any atom is 0.267 e. The fraction of sp³-hybridized carbons (Fsp3) is 0.250. The third kappa shape index (κ3) is 4.63. The predicted molar refractivity (Wildman–Crippen MR) is 101 cm³/mol. The van der Waals surface area contributed by atoms with Gasteiger partial charge >= 0.3 is 0 Å². The fourth-order valence-electron chi connectivity index (χ4n) is 2.44. The summed E-state index contributed by atoms with van der Waals surface area (Å²) >= 11 is 0. The van der Waals surface area contributed by atoms with Crippen molar-refractivity contribution >= 4 is 6.21 Å². The van der Waals surface area contributed by atoms with Crippen LogP contribution in [-0.2, 0) is 17.9 Å². The van der Waals surface area contributed by atoms with E-state index in [1.54, 1.807) is 32.6 Å². The van der Waals surface area contributed by atoms with Crippen molar-refractivity contribution in [1.29, 1.82) is 0 Å². The molecule has 0 saturated heterocycles. The molecule has 27 heavy (non-hydrogen) atoms. The van der Waals surface area contributed by atoms with Gasteiger partial charge < -0.3 is 18.8 Å². The van der Waals surface area contributed by atoms with E-state index >= 15 is 0 Å². The molecule has 0 atom stereocenters. The van der Waals surface area contributed by atoms with Crippen molar-refractivity contribution in [1.82, 2.24) is 10.1 Å². The zero-order chi connectivity index (χ0) is 19.1. The van der Waals surface area contributed by atoms with E-state index in [4.69, 9.17) is 18.8 Å². The van der Waals surface area contributed by atoms with Crippen molar-refractivity contribution in [3.63, 3.8) is 0 Å². The Bertz CT molecular complexity index is 904. The van der Waals surface area contributed by atoms with Crippen molar-refractivity contribution in [2.45, 2.75) is 20.0 Å². The fourth-order valence-corrected chi connectivity index (χ4v) is 2.44. The van der Waals surface area contributed by atoms with Gasteiger partial charge in [0.2, 0.25) is 5.82 Å². The van der Waals surface area contributed by atoms with Crippen LogP contribution in [0, 0.1) is 0 Å². The molecule has 0 aliphatic rings. The third-order valence-electron chi connectivity index (χ3n) is 3.96. The molecule has 0 aliphatic carbocycles. The Kier molecular flexibility index (Phi) is 6.04. The van der Waals surface area contributed by atoms with E-state index < -0.39 is 0 Å². The van der Waals surface area contributed by atoms with Crippen LogP contribution in [0.2, 0.25) is 0 Å². The highest BCUT2D eigenvalue weighted by molar-refractivity contribution is 5.79. The molecule has 0 aliphatic heterocycles. The zero-order valence-corrected chi connectivity index (χ0v) is 15.5. The van der Waals surface area contributed by atoms with Crippen molar-refractivity contribution in [2.75, 3.05) is 14.2 Å². The minimum Gasteiger partial charge on any atom is -0.493 e.